The highest BCUT2D eigenvalue weighted by Gasteiger charge is 2.29. The first-order valence-electron chi connectivity index (χ1n) is 14.2. The van der Waals surface area contributed by atoms with Crippen LogP contribution in [-0.4, -0.2) is 63.0 Å². The first-order chi connectivity index (χ1) is 19.9. The van der Waals surface area contributed by atoms with Crippen LogP contribution in [0.15, 0.2) is 67.0 Å². The average molecular weight is 555 g/mol. The topological polar surface area (TPSA) is 89.5 Å². The molecule has 3 heterocycles. The first kappa shape index (κ1) is 27.0. The third-order valence-corrected chi connectivity index (χ3v) is 8.13. The maximum atomic E-state index is 13.6. The predicted octanol–water partition coefficient (Wildman–Crippen LogP) is 5.73. The molecule has 2 N–H and O–H groups in total. The van der Waals surface area contributed by atoms with Gasteiger partial charge in [0.25, 0.3) is 0 Å². The number of carbonyl (C=O) groups is 1. The van der Waals surface area contributed by atoms with Crippen molar-refractivity contribution in [2.45, 2.75) is 44.7 Å². The van der Waals surface area contributed by atoms with Crippen LogP contribution in [0.3, 0.4) is 0 Å². The zero-order valence-electron chi connectivity index (χ0n) is 23.5. The van der Waals surface area contributed by atoms with Crippen LogP contribution in [0.25, 0.3) is 22.2 Å². The molecule has 0 spiro atoms. The van der Waals surface area contributed by atoms with Gasteiger partial charge in [0.2, 0.25) is 5.91 Å². The number of nitrogen functional groups attached to an aromatic ring is 1. The predicted molar refractivity (Wildman–Crippen MR) is 158 cm³/mol. The molecule has 2 aromatic heterocycles. The maximum absolute atomic E-state index is 13.6. The summed E-state index contributed by atoms with van der Waals surface area (Å²) in [4.78, 5) is 26.3. The molecule has 9 heteroatoms. The van der Waals surface area contributed by atoms with Crippen LogP contribution in [0.1, 0.15) is 37.4 Å². The van der Waals surface area contributed by atoms with E-state index in [2.05, 4.69) is 33.4 Å². The number of hydrogen-bond acceptors (Lipinski definition) is 6. The molecule has 212 valence electrons. The average Bonchev–Trinajstić information content (AvgIpc) is 3.77. The summed E-state index contributed by atoms with van der Waals surface area (Å²) in [6.07, 6.45) is 9.55. The molecule has 2 aromatic carbocycles. The highest BCUT2D eigenvalue weighted by atomic mass is 19.1. The van der Waals surface area contributed by atoms with Crippen LogP contribution < -0.4 is 10.5 Å². The van der Waals surface area contributed by atoms with Crippen LogP contribution in [0, 0.1) is 12.7 Å². The number of anilines is 1. The van der Waals surface area contributed by atoms with Crippen LogP contribution in [0.4, 0.5) is 10.2 Å². The van der Waals surface area contributed by atoms with Gasteiger partial charge in [-0.3, -0.25) is 9.69 Å². The van der Waals surface area contributed by atoms with Gasteiger partial charge in [-0.15, -0.1) is 0 Å². The molecule has 2 aliphatic rings. The van der Waals surface area contributed by atoms with Gasteiger partial charge in [-0.1, -0.05) is 24.3 Å². The van der Waals surface area contributed by atoms with E-state index < -0.39 is 0 Å². The number of aromatic nitrogens is 3. The lowest BCUT2D eigenvalue weighted by molar-refractivity contribution is -0.127. The molecule has 8 nitrogen and oxygen atoms in total. The van der Waals surface area contributed by atoms with E-state index in [1.807, 2.05) is 35.2 Å². The van der Waals surface area contributed by atoms with Gasteiger partial charge in [-0.05, 0) is 69.5 Å². The van der Waals surface area contributed by atoms with Gasteiger partial charge in [0.15, 0.2) is 0 Å². The van der Waals surface area contributed by atoms with E-state index in [-0.39, 0.29) is 17.8 Å². The Morgan fingerprint density at radius 1 is 1.15 bits per heavy atom. The minimum Gasteiger partial charge on any atom is -0.457 e. The molecular formula is C32H35FN6O2. The minimum atomic E-state index is -0.349. The molecule has 2 fully saturated rings. The molecule has 1 amide bonds. The fourth-order valence-corrected chi connectivity index (χ4v) is 5.88. The summed E-state index contributed by atoms with van der Waals surface area (Å²) in [7, 11) is 2.11. The Kier molecular flexibility index (Phi) is 7.45. The van der Waals surface area contributed by atoms with E-state index >= 15 is 0 Å². The number of benzene rings is 2. The van der Waals surface area contributed by atoms with E-state index in [4.69, 9.17) is 10.5 Å². The molecule has 1 atom stereocenters. The summed E-state index contributed by atoms with van der Waals surface area (Å²) in [5, 5.41) is 0.801. The van der Waals surface area contributed by atoms with E-state index in [1.165, 1.54) is 31.3 Å². The zero-order valence-corrected chi connectivity index (χ0v) is 23.5. The van der Waals surface area contributed by atoms with Crippen LogP contribution in [-0.2, 0) is 4.79 Å². The van der Waals surface area contributed by atoms with Gasteiger partial charge in [-0.25, -0.2) is 14.4 Å². The molecular weight excluding hydrogens is 519 g/mol. The normalized spacial score (nSPS) is 17.6. The number of amides is 1. The number of fused-ring (bicyclic) bond motifs is 1. The molecule has 1 saturated carbocycles. The van der Waals surface area contributed by atoms with Gasteiger partial charge < -0.3 is 19.9 Å². The number of likely N-dealkylation sites (tertiary alicyclic amines) is 1. The zero-order chi connectivity index (χ0) is 28.5. The lowest BCUT2D eigenvalue weighted by atomic mass is 10.0. The SMILES string of the molecule is Cc1c(-c2ccc(Oc3cccc(F)c3)cc2)c2c(N)ncnc2n1[C@@H]1CCCN(C(=O)C=CCN(C)C2CC2)C1. The molecule has 0 radical (unpaired) electrons. The van der Waals surface area contributed by atoms with E-state index in [0.717, 1.165) is 53.8 Å². The summed E-state index contributed by atoms with van der Waals surface area (Å²) >= 11 is 0. The Morgan fingerprint density at radius 3 is 2.71 bits per heavy atom. The van der Waals surface area contributed by atoms with Crippen molar-refractivity contribution in [1.82, 2.24) is 24.3 Å². The van der Waals surface area contributed by atoms with Gasteiger partial charge in [0, 0.05) is 49.1 Å². The Labute approximate surface area is 239 Å². The third kappa shape index (κ3) is 5.67. The Hall–Kier alpha value is -4.24. The number of halogens is 1. The minimum absolute atomic E-state index is 0.0521. The van der Waals surface area contributed by atoms with E-state index in [0.29, 0.717) is 29.9 Å². The molecule has 4 aromatic rings. The fourth-order valence-electron chi connectivity index (χ4n) is 5.88. The standard InChI is InChI=1S/C32H35FN6O2/c1-21-29(22-10-14-26(15-11-22)41-27-8-3-6-23(33)18-27)30-31(34)35-20-36-32(30)39(21)25-7-4-17-38(19-25)28(40)9-5-16-37(2)24-12-13-24/h3,5-6,8-11,14-15,18,20,24-25H,4,7,12-13,16-17,19H2,1-2H3,(H2,34,35,36)/t25-/m1/s1. The monoisotopic (exact) mass is 554 g/mol. The molecule has 1 saturated heterocycles. The number of hydrogen-bond donors (Lipinski definition) is 1. The third-order valence-electron chi connectivity index (χ3n) is 8.13. The second-order valence-corrected chi connectivity index (χ2v) is 11.0. The second-order valence-electron chi connectivity index (χ2n) is 11.0. The number of likely N-dealkylation sites (N-methyl/N-ethyl adjacent to an activating group) is 1. The molecule has 0 bridgehead atoms. The van der Waals surface area contributed by atoms with E-state index in [9.17, 15) is 9.18 Å². The number of rotatable bonds is 8. The van der Waals surface area contributed by atoms with Crippen LogP contribution >= 0.6 is 0 Å². The lowest BCUT2D eigenvalue weighted by Crippen LogP contribution is -2.40. The van der Waals surface area contributed by atoms with Crippen LogP contribution in [0.2, 0.25) is 0 Å². The number of ether oxygens (including phenoxy) is 1. The molecule has 41 heavy (non-hydrogen) atoms. The second kappa shape index (κ2) is 11.3. The molecule has 1 aliphatic carbocycles. The highest BCUT2D eigenvalue weighted by Crippen LogP contribution is 2.40. The van der Waals surface area contributed by atoms with Crippen molar-refractivity contribution < 1.29 is 13.9 Å². The summed E-state index contributed by atoms with van der Waals surface area (Å²) in [5.74, 6) is 1.15. The van der Waals surface area contributed by atoms with Crippen molar-refractivity contribution in [3.63, 3.8) is 0 Å². The van der Waals surface area contributed by atoms with Gasteiger partial charge in [-0.2, -0.15) is 0 Å². The number of piperidine rings is 1. The van der Waals surface area contributed by atoms with Gasteiger partial charge in [0.1, 0.15) is 35.1 Å². The largest absolute Gasteiger partial charge is 0.457 e. The first-order valence-corrected chi connectivity index (χ1v) is 14.2. The van der Waals surface area contributed by atoms with Crippen molar-refractivity contribution in [2.24, 2.45) is 0 Å². The molecule has 0 unspecified atom stereocenters. The van der Waals surface area contributed by atoms with Crippen molar-refractivity contribution in [1.29, 1.82) is 0 Å². The van der Waals surface area contributed by atoms with Crippen molar-refractivity contribution in [3.05, 3.63) is 78.5 Å². The Bertz CT molecular complexity index is 1590. The highest BCUT2D eigenvalue weighted by molar-refractivity contribution is 6.02. The fraction of sp³-hybridized carbons (Fsp3) is 0.344. The molecule has 1 aliphatic heterocycles. The van der Waals surface area contributed by atoms with Gasteiger partial charge >= 0.3 is 0 Å². The summed E-state index contributed by atoms with van der Waals surface area (Å²) in [6, 6.07) is 14.4. The smallest absolute Gasteiger partial charge is 0.246 e. The van der Waals surface area contributed by atoms with Gasteiger partial charge in [0.05, 0.1) is 11.4 Å². The van der Waals surface area contributed by atoms with Crippen molar-refractivity contribution in [3.8, 4) is 22.6 Å². The summed E-state index contributed by atoms with van der Waals surface area (Å²) in [6.45, 7) is 4.21. The van der Waals surface area contributed by atoms with Crippen molar-refractivity contribution >= 4 is 22.8 Å². The Morgan fingerprint density at radius 2 is 1.95 bits per heavy atom. The van der Waals surface area contributed by atoms with Crippen LogP contribution in [0.5, 0.6) is 11.5 Å². The number of carbonyl (C=O) groups excluding carboxylic acids is 1. The lowest BCUT2D eigenvalue weighted by Gasteiger charge is -2.34. The quantitative estimate of drug-likeness (QED) is 0.280. The molecule has 6 rings (SSSR count). The number of nitrogens with two attached hydrogens (primary N) is 1. The summed E-state index contributed by atoms with van der Waals surface area (Å²) < 4.78 is 21.7. The summed E-state index contributed by atoms with van der Waals surface area (Å²) in [5.41, 5.74) is 10.1. The maximum Gasteiger partial charge on any atom is 0.246 e. The van der Waals surface area contributed by atoms with Crippen molar-refractivity contribution in [2.75, 3.05) is 32.4 Å². The number of nitrogens with zero attached hydrogens (tertiary/aromatic N) is 5. The van der Waals surface area contributed by atoms with E-state index in [1.54, 1.807) is 18.2 Å². The Balaban J connectivity index is 1.26.